The minimum Gasteiger partial charge on any atom is -0.496 e. The molecule has 1 aliphatic rings. The van der Waals surface area contributed by atoms with Crippen molar-refractivity contribution in [3.05, 3.63) is 119 Å². The summed E-state index contributed by atoms with van der Waals surface area (Å²) in [5.74, 6) is 1.65. The molecule has 3 N–H and O–H groups in total. The van der Waals surface area contributed by atoms with Crippen LogP contribution in [0.15, 0.2) is 102 Å². The minimum absolute atomic E-state index is 0.00125. The number of amides is 2. The largest absolute Gasteiger partial charge is 0.496 e. The summed E-state index contributed by atoms with van der Waals surface area (Å²) in [7, 11) is 1.69. The van der Waals surface area contributed by atoms with Gasteiger partial charge in [0.2, 0.25) is 0 Å². The molecule has 2 amide bonds. The van der Waals surface area contributed by atoms with Gasteiger partial charge in [0.15, 0.2) is 6.29 Å². The fourth-order valence-electron chi connectivity index (χ4n) is 5.35. The van der Waals surface area contributed by atoms with Crippen molar-refractivity contribution in [2.24, 2.45) is 5.92 Å². The number of ether oxygens (including phenoxy) is 3. The number of aliphatic hydroxyl groups excluding tert-OH is 1. The molecule has 4 unspecified atom stereocenters. The summed E-state index contributed by atoms with van der Waals surface area (Å²) >= 11 is 1.72. The standard InChI is InChI=1S/C36H40N2O5S/c1-4-37-36(40)38-21-26-9-7-10-28(19-26)29-11-8-12-30(20-29)35-42-32(23-44-33-14-6-5-13-31(33)41-3)24(2)34(43-35)27-17-15-25(22-39)16-18-27/h5-20,24,32,34-35,39H,4,21-23H2,1-3H3,(H2,37,38,40). The molecule has 0 aromatic heterocycles. The number of thioether (sulfide) groups is 1. The van der Waals surface area contributed by atoms with Crippen LogP contribution in [-0.4, -0.2) is 36.6 Å². The van der Waals surface area contributed by atoms with Crippen molar-refractivity contribution in [2.45, 2.75) is 50.4 Å². The molecule has 0 saturated carbocycles. The number of rotatable bonds is 11. The van der Waals surface area contributed by atoms with Crippen LogP contribution >= 0.6 is 11.8 Å². The second-order valence-electron chi connectivity index (χ2n) is 10.8. The first kappa shape index (κ1) is 31.6. The number of benzene rings is 4. The van der Waals surface area contributed by atoms with E-state index in [1.165, 1.54) is 0 Å². The fraction of sp³-hybridized carbons (Fsp3) is 0.306. The highest BCUT2D eigenvalue weighted by atomic mass is 32.2. The molecular formula is C36H40N2O5S. The van der Waals surface area contributed by atoms with Gasteiger partial charge in [-0.25, -0.2) is 4.79 Å². The maximum absolute atomic E-state index is 11.9. The molecule has 44 heavy (non-hydrogen) atoms. The van der Waals surface area contributed by atoms with Crippen LogP contribution in [0.4, 0.5) is 4.79 Å². The Bertz CT molecular complexity index is 1530. The van der Waals surface area contributed by atoms with Gasteiger partial charge in [0.05, 0.1) is 25.9 Å². The Morgan fingerprint density at radius 3 is 2.36 bits per heavy atom. The first-order valence-corrected chi connectivity index (χ1v) is 15.9. The van der Waals surface area contributed by atoms with Gasteiger partial charge in [0.1, 0.15) is 5.75 Å². The van der Waals surface area contributed by atoms with Gasteiger partial charge >= 0.3 is 6.03 Å². The fourth-order valence-corrected chi connectivity index (χ4v) is 6.55. The van der Waals surface area contributed by atoms with Gasteiger partial charge in [0.25, 0.3) is 0 Å². The maximum Gasteiger partial charge on any atom is 0.315 e. The Balaban J connectivity index is 1.39. The van der Waals surface area contributed by atoms with Crippen LogP contribution in [-0.2, 0) is 22.6 Å². The number of nitrogens with one attached hydrogen (secondary N) is 2. The zero-order chi connectivity index (χ0) is 30.9. The lowest BCUT2D eigenvalue weighted by atomic mass is 9.91. The zero-order valence-electron chi connectivity index (χ0n) is 25.4. The van der Waals surface area contributed by atoms with Crippen molar-refractivity contribution in [1.29, 1.82) is 0 Å². The third-order valence-electron chi connectivity index (χ3n) is 7.81. The average Bonchev–Trinajstić information content (AvgIpc) is 3.07. The van der Waals surface area contributed by atoms with Gasteiger partial charge < -0.3 is 30.0 Å². The van der Waals surface area contributed by atoms with Gasteiger partial charge in [-0.2, -0.15) is 0 Å². The van der Waals surface area contributed by atoms with E-state index in [1.54, 1.807) is 18.9 Å². The first-order valence-electron chi connectivity index (χ1n) is 15.0. The van der Waals surface area contributed by atoms with Crippen LogP contribution < -0.4 is 15.4 Å². The van der Waals surface area contributed by atoms with E-state index in [-0.39, 0.29) is 30.8 Å². The quantitative estimate of drug-likeness (QED) is 0.155. The van der Waals surface area contributed by atoms with Crippen LogP contribution in [0.1, 0.15) is 48.5 Å². The second-order valence-corrected chi connectivity index (χ2v) is 11.9. The minimum atomic E-state index is -0.570. The smallest absolute Gasteiger partial charge is 0.315 e. The van der Waals surface area contributed by atoms with E-state index in [0.29, 0.717) is 13.1 Å². The van der Waals surface area contributed by atoms with Crippen LogP contribution in [0.25, 0.3) is 11.1 Å². The zero-order valence-corrected chi connectivity index (χ0v) is 26.2. The molecule has 7 nitrogen and oxygen atoms in total. The molecule has 1 aliphatic heterocycles. The topological polar surface area (TPSA) is 89.1 Å². The van der Waals surface area contributed by atoms with Crippen molar-refractivity contribution in [3.8, 4) is 16.9 Å². The van der Waals surface area contributed by atoms with E-state index < -0.39 is 6.29 Å². The molecule has 4 aromatic rings. The van der Waals surface area contributed by atoms with E-state index in [2.05, 4.69) is 47.9 Å². The van der Waals surface area contributed by atoms with E-state index in [0.717, 1.165) is 49.8 Å². The van der Waals surface area contributed by atoms with E-state index in [9.17, 15) is 9.90 Å². The highest BCUT2D eigenvalue weighted by Gasteiger charge is 2.38. The SMILES string of the molecule is CCNC(=O)NCc1cccc(-c2cccc(C3OC(CSc4ccccc4OC)C(C)C(c4ccc(CO)cc4)O3)c2)c1. The van der Waals surface area contributed by atoms with Crippen LogP contribution in [0, 0.1) is 5.92 Å². The van der Waals surface area contributed by atoms with Gasteiger partial charge in [-0.1, -0.05) is 79.7 Å². The van der Waals surface area contributed by atoms with Crippen molar-refractivity contribution in [1.82, 2.24) is 10.6 Å². The first-order chi connectivity index (χ1) is 21.5. The second kappa shape index (κ2) is 15.3. The predicted molar refractivity (Wildman–Crippen MR) is 174 cm³/mol. The lowest BCUT2D eigenvalue weighted by Crippen LogP contribution is -2.38. The summed E-state index contributed by atoms with van der Waals surface area (Å²) in [6.07, 6.45) is -0.866. The van der Waals surface area contributed by atoms with Crippen molar-refractivity contribution < 1.29 is 24.1 Å². The monoisotopic (exact) mass is 612 g/mol. The molecule has 0 spiro atoms. The van der Waals surface area contributed by atoms with E-state index in [4.69, 9.17) is 14.2 Å². The number of carbonyl (C=O) groups is 1. The number of urea groups is 1. The third-order valence-corrected chi connectivity index (χ3v) is 8.95. The van der Waals surface area contributed by atoms with Crippen LogP contribution in [0.2, 0.25) is 0 Å². The molecule has 0 radical (unpaired) electrons. The summed E-state index contributed by atoms with van der Waals surface area (Å²) in [4.78, 5) is 13.0. The highest BCUT2D eigenvalue weighted by molar-refractivity contribution is 7.99. The number of methoxy groups -OCH3 is 1. The number of aliphatic hydroxyl groups is 1. The van der Waals surface area contributed by atoms with Gasteiger partial charge in [-0.3, -0.25) is 0 Å². The summed E-state index contributed by atoms with van der Waals surface area (Å²) in [6.45, 7) is 5.09. The molecule has 1 heterocycles. The molecule has 0 bridgehead atoms. The summed E-state index contributed by atoms with van der Waals surface area (Å²) in [6, 6.07) is 32.3. The molecule has 0 aliphatic carbocycles. The Morgan fingerprint density at radius 2 is 1.61 bits per heavy atom. The Labute approximate surface area is 263 Å². The lowest BCUT2D eigenvalue weighted by Gasteiger charge is -2.41. The molecule has 4 atom stereocenters. The molecule has 1 fully saturated rings. The summed E-state index contributed by atoms with van der Waals surface area (Å²) in [5, 5.41) is 15.2. The van der Waals surface area contributed by atoms with Crippen molar-refractivity contribution >= 4 is 17.8 Å². The average molecular weight is 613 g/mol. The lowest BCUT2D eigenvalue weighted by molar-refractivity contribution is -0.268. The maximum atomic E-state index is 11.9. The highest BCUT2D eigenvalue weighted by Crippen LogP contribution is 2.44. The summed E-state index contributed by atoms with van der Waals surface area (Å²) < 4.78 is 19.0. The Hall–Kier alpha value is -3.82. The van der Waals surface area contributed by atoms with E-state index >= 15 is 0 Å². The Morgan fingerprint density at radius 1 is 0.864 bits per heavy atom. The van der Waals surface area contributed by atoms with Crippen LogP contribution in [0.3, 0.4) is 0 Å². The van der Waals surface area contributed by atoms with Crippen molar-refractivity contribution in [3.63, 3.8) is 0 Å². The van der Waals surface area contributed by atoms with Gasteiger partial charge in [0, 0.05) is 35.2 Å². The third kappa shape index (κ3) is 7.81. The van der Waals surface area contributed by atoms with Gasteiger partial charge in [-0.05, 0) is 59.0 Å². The molecule has 5 rings (SSSR count). The van der Waals surface area contributed by atoms with Gasteiger partial charge in [-0.15, -0.1) is 11.8 Å². The number of carbonyl (C=O) groups excluding carboxylic acids is 1. The predicted octanol–water partition coefficient (Wildman–Crippen LogP) is 7.26. The molecular weight excluding hydrogens is 572 g/mol. The van der Waals surface area contributed by atoms with Crippen molar-refractivity contribution in [2.75, 3.05) is 19.4 Å². The molecule has 4 aromatic carbocycles. The Kier molecular flexibility index (Phi) is 11.0. The number of hydrogen-bond acceptors (Lipinski definition) is 6. The molecule has 8 heteroatoms. The molecule has 1 saturated heterocycles. The summed E-state index contributed by atoms with van der Waals surface area (Å²) in [5.41, 5.74) is 5.95. The normalized spacial score (nSPS) is 19.7. The van der Waals surface area contributed by atoms with E-state index in [1.807, 2.05) is 73.7 Å². The number of hydrogen-bond donors (Lipinski definition) is 3. The van der Waals surface area contributed by atoms with Crippen LogP contribution in [0.5, 0.6) is 5.75 Å². The molecule has 230 valence electrons. The number of para-hydroxylation sites is 1.